The molecule has 1 aromatic carbocycles. The Labute approximate surface area is 107 Å². The van der Waals surface area contributed by atoms with Gasteiger partial charge in [0.2, 0.25) is 0 Å². The normalized spacial score (nSPS) is 10.3. The minimum Gasteiger partial charge on any atom is -0.464 e. The summed E-state index contributed by atoms with van der Waals surface area (Å²) in [6.45, 7) is 1.89. The van der Waals surface area contributed by atoms with Gasteiger partial charge < -0.3 is 4.74 Å². The SMILES string of the molecule is COC(=O)c1cc(C)n(-c2ccc(Br)cc2)n1. The van der Waals surface area contributed by atoms with Crippen LogP contribution in [0.3, 0.4) is 0 Å². The van der Waals surface area contributed by atoms with E-state index in [1.807, 2.05) is 31.2 Å². The summed E-state index contributed by atoms with van der Waals surface area (Å²) in [5, 5.41) is 4.21. The number of nitrogens with zero attached hydrogens (tertiary/aromatic N) is 2. The second-order valence-corrected chi connectivity index (χ2v) is 4.47. The van der Waals surface area contributed by atoms with Gasteiger partial charge in [0.1, 0.15) is 0 Å². The van der Waals surface area contributed by atoms with Crippen LogP contribution < -0.4 is 0 Å². The number of rotatable bonds is 2. The van der Waals surface area contributed by atoms with E-state index < -0.39 is 5.97 Å². The molecule has 1 heterocycles. The van der Waals surface area contributed by atoms with Gasteiger partial charge in [0.05, 0.1) is 12.8 Å². The molecule has 0 bridgehead atoms. The van der Waals surface area contributed by atoms with Crippen LogP contribution in [0.5, 0.6) is 0 Å². The molecule has 0 spiro atoms. The quantitative estimate of drug-likeness (QED) is 0.800. The summed E-state index contributed by atoms with van der Waals surface area (Å²) in [5.74, 6) is -0.427. The third kappa shape index (κ3) is 2.39. The Balaban J connectivity index is 2.42. The highest BCUT2D eigenvalue weighted by atomic mass is 79.9. The number of esters is 1. The smallest absolute Gasteiger partial charge is 0.358 e. The van der Waals surface area contributed by atoms with Crippen LogP contribution in [-0.4, -0.2) is 22.9 Å². The van der Waals surface area contributed by atoms with Crippen LogP contribution in [0, 0.1) is 6.92 Å². The molecule has 5 heteroatoms. The Morgan fingerprint density at radius 1 is 1.35 bits per heavy atom. The molecule has 0 aliphatic rings. The van der Waals surface area contributed by atoms with Crippen molar-refractivity contribution in [1.82, 2.24) is 9.78 Å². The summed E-state index contributed by atoms with van der Waals surface area (Å²) < 4.78 is 7.34. The molecular formula is C12H11BrN2O2. The lowest BCUT2D eigenvalue weighted by Crippen LogP contribution is -2.04. The standard InChI is InChI=1S/C12H11BrN2O2/c1-8-7-11(12(16)17-2)14-15(8)10-5-3-9(13)4-6-10/h3-7H,1-2H3. The zero-order chi connectivity index (χ0) is 12.4. The molecule has 0 radical (unpaired) electrons. The maximum atomic E-state index is 11.4. The zero-order valence-electron chi connectivity index (χ0n) is 9.48. The van der Waals surface area contributed by atoms with Crippen LogP contribution in [0.15, 0.2) is 34.8 Å². The summed E-state index contributed by atoms with van der Waals surface area (Å²) in [6.07, 6.45) is 0. The van der Waals surface area contributed by atoms with Crippen LogP contribution >= 0.6 is 15.9 Å². The number of carbonyl (C=O) groups excluding carboxylic acids is 1. The van der Waals surface area contributed by atoms with Gasteiger partial charge in [0, 0.05) is 10.2 Å². The molecule has 1 aromatic heterocycles. The molecule has 0 saturated heterocycles. The van der Waals surface area contributed by atoms with Crippen LogP contribution in [0.2, 0.25) is 0 Å². The van der Waals surface area contributed by atoms with Gasteiger partial charge in [-0.25, -0.2) is 9.48 Å². The fourth-order valence-corrected chi connectivity index (χ4v) is 1.79. The average molecular weight is 295 g/mol. The molecule has 0 unspecified atom stereocenters. The van der Waals surface area contributed by atoms with Crippen LogP contribution in [0.4, 0.5) is 0 Å². The third-order valence-electron chi connectivity index (χ3n) is 2.35. The Hall–Kier alpha value is -1.62. The van der Waals surface area contributed by atoms with Crippen molar-refractivity contribution in [2.75, 3.05) is 7.11 Å². The monoisotopic (exact) mass is 294 g/mol. The molecule has 0 N–H and O–H groups in total. The fourth-order valence-electron chi connectivity index (χ4n) is 1.52. The first-order valence-corrected chi connectivity index (χ1v) is 5.82. The van der Waals surface area contributed by atoms with Gasteiger partial charge in [-0.1, -0.05) is 15.9 Å². The second-order valence-electron chi connectivity index (χ2n) is 3.55. The molecule has 88 valence electrons. The van der Waals surface area contributed by atoms with Gasteiger partial charge in [-0.15, -0.1) is 0 Å². The van der Waals surface area contributed by atoms with E-state index in [0.717, 1.165) is 15.9 Å². The maximum absolute atomic E-state index is 11.4. The largest absolute Gasteiger partial charge is 0.464 e. The summed E-state index contributed by atoms with van der Waals surface area (Å²) in [5.41, 5.74) is 2.10. The van der Waals surface area contributed by atoms with Crippen molar-refractivity contribution in [1.29, 1.82) is 0 Å². The average Bonchev–Trinajstić information content (AvgIpc) is 2.71. The van der Waals surface area contributed by atoms with Crippen molar-refractivity contribution in [2.24, 2.45) is 0 Å². The topological polar surface area (TPSA) is 44.1 Å². The van der Waals surface area contributed by atoms with Crippen molar-refractivity contribution < 1.29 is 9.53 Å². The molecule has 0 amide bonds. The molecule has 0 aliphatic carbocycles. The van der Waals surface area contributed by atoms with Gasteiger partial charge in [0.25, 0.3) is 0 Å². The Bertz CT molecular complexity index is 546. The summed E-state index contributed by atoms with van der Waals surface area (Å²) in [4.78, 5) is 11.4. The van der Waals surface area contributed by atoms with E-state index in [1.54, 1.807) is 10.7 Å². The first-order valence-electron chi connectivity index (χ1n) is 5.03. The predicted octanol–water partition coefficient (Wildman–Crippen LogP) is 2.73. The van der Waals surface area contributed by atoms with Crippen molar-refractivity contribution in [3.63, 3.8) is 0 Å². The van der Waals surface area contributed by atoms with Crippen molar-refractivity contribution in [3.05, 3.63) is 46.2 Å². The first kappa shape index (κ1) is 11.9. The highest BCUT2D eigenvalue weighted by Crippen LogP contribution is 2.16. The summed E-state index contributed by atoms with van der Waals surface area (Å²) >= 11 is 3.37. The van der Waals surface area contributed by atoms with Crippen molar-refractivity contribution in [3.8, 4) is 5.69 Å². The van der Waals surface area contributed by atoms with Crippen LogP contribution in [0.1, 0.15) is 16.2 Å². The van der Waals surface area contributed by atoms with Crippen molar-refractivity contribution in [2.45, 2.75) is 6.92 Å². The van der Waals surface area contributed by atoms with E-state index in [0.29, 0.717) is 5.69 Å². The number of ether oxygens (including phenoxy) is 1. The van der Waals surface area contributed by atoms with Gasteiger partial charge in [-0.3, -0.25) is 0 Å². The lowest BCUT2D eigenvalue weighted by molar-refractivity contribution is 0.0593. The van der Waals surface area contributed by atoms with E-state index in [4.69, 9.17) is 0 Å². The first-order chi connectivity index (χ1) is 8.11. The van der Waals surface area contributed by atoms with Crippen molar-refractivity contribution >= 4 is 21.9 Å². The highest BCUT2D eigenvalue weighted by Gasteiger charge is 2.13. The second kappa shape index (κ2) is 4.71. The van der Waals surface area contributed by atoms with E-state index in [2.05, 4.69) is 25.8 Å². The van der Waals surface area contributed by atoms with Gasteiger partial charge >= 0.3 is 5.97 Å². The number of aryl methyl sites for hydroxylation is 1. The Kier molecular flexibility index (Phi) is 3.28. The Morgan fingerprint density at radius 2 is 2.00 bits per heavy atom. The number of aromatic nitrogens is 2. The van der Waals surface area contributed by atoms with Crippen LogP contribution in [0.25, 0.3) is 5.69 Å². The van der Waals surface area contributed by atoms with Gasteiger partial charge in [-0.05, 0) is 37.3 Å². The Morgan fingerprint density at radius 3 is 2.59 bits per heavy atom. The predicted molar refractivity (Wildman–Crippen MR) is 67.3 cm³/mol. The number of hydrogen-bond acceptors (Lipinski definition) is 3. The lowest BCUT2D eigenvalue weighted by atomic mass is 10.3. The zero-order valence-corrected chi connectivity index (χ0v) is 11.1. The number of hydrogen-bond donors (Lipinski definition) is 0. The molecule has 0 fully saturated rings. The molecule has 0 saturated carbocycles. The lowest BCUT2D eigenvalue weighted by Gasteiger charge is -2.03. The molecule has 4 nitrogen and oxygen atoms in total. The fraction of sp³-hybridized carbons (Fsp3) is 0.167. The minimum atomic E-state index is -0.427. The molecule has 0 atom stereocenters. The summed E-state index contributed by atoms with van der Waals surface area (Å²) in [6, 6.07) is 9.40. The summed E-state index contributed by atoms with van der Waals surface area (Å²) in [7, 11) is 1.34. The molecule has 2 aromatic rings. The minimum absolute atomic E-state index is 0.313. The molecule has 0 aliphatic heterocycles. The number of methoxy groups -OCH3 is 1. The van der Waals surface area contributed by atoms with Gasteiger partial charge in [-0.2, -0.15) is 5.10 Å². The van der Waals surface area contributed by atoms with E-state index in [9.17, 15) is 4.79 Å². The number of carbonyl (C=O) groups is 1. The van der Waals surface area contributed by atoms with Crippen LogP contribution in [-0.2, 0) is 4.74 Å². The molecule has 17 heavy (non-hydrogen) atoms. The maximum Gasteiger partial charge on any atom is 0.358 e. The molecule has 2 rings (SSSR count). The van der Waals surface area contributed by atoms with Gasteiger partial charge in [0.15, 0.2) is 5.69 Å². The highest BCUT2D eigenvalue weighted by molar-refractivity contribution is 9.10. The third-order valence-corrected chi connectivity index (χ3v) is 2.88. The number of benzene rings is 1. The van der Waals surface area contributed by atoms with E-state index in [-0.39, 0.29) is 0 Å². The molecular weight excluding hydrogens is 284 g/mol. The number of halogens is 1. The van der Waals surface area contributed by atoms with E-state index in [1.165, 1.54) is 7.11 Å². The van der Waals surface area contributed by atoms with E-state index >= 15 is 0 Å².